The summed E-state index contributed by atoms with van der Waals surface area (Å²) in [6.45, 7) is 4.38. The number of para-hydroxylation sites is 1. The van der Waals surface area contributed by atoms with Gasteiger partial charge in [-0.05, 0) is 51.4 Å². The summed E-state index contributed by atoms with van der Waals surface area (Å²) in [4.78, 5) is 14.3. The first-order valence-corrected chi connectivity index (χ1v) is 7.23. The Hall–Kier alpha value is -1.86. The predicted octanol–water partition coefficient (Wildman–Crippen LogP) is 2.76. The Balaban J connectivity index is 1.77. The van der Waals surface area contributed by atoms with E-state index in [1.54, 1.807) is 18.2 Å². The Kier molecular flexibility index (Phi) is 5.14. The highest BCUT2D eigenvalue weighted by atomic mass is 16.1. The molecule has 0 bridgehead atoms. The van der Waals surface area contributed by atoms with E-state index in [2.05, 4.69) is 23.2 Å². The Morgan fingerprint density at radius 2 is 2.30 bits per heavy atom. The third-order valence-corrected chi connectivity index (χ3v) is 3.86. The molecule has 20 heavy (non-hydrogen) atoms. The summed E-state index contributed by atoms with van der Waals surface area (Å²) in [5.41, 5.74) is 1.11. The van der Waals surface area contributed by atoms with Gasteiger partial charge in [-0.25, -0.2) is 0 Å². The Labute approximate surface area is 120 Å². The number of carbonyl (C=O) groups is 1. The molecule has 1 saturated heterocycles. The monoisotopic (exact) mass is 271 g/mol. The maximum Gasteiger partial charge on any atom is 0.224 e. The Bertz CT molecular complexity index is 507. The molecule has 0 aromatic heterocycles. The maximum atomic E-state index is 11.9. The van der Waals surface area contributed by atoms with E-state index in [0.29, 0.717) is 23.7 Å². The van der Waals surface area contributed by atoms with Crippen molar-refractivity contribution in [2.45, 2.75) is 38.6 Å². The second kappa shape index (κ2) is 7.06. The van der Waals surface area contributed by atoms with Crippen molar-refractivity contribution in [2.24, 2.45) is 0 Å². The minimum atomic E-state index is -0.0143. The summed E-state index contributed by atoms with van der Waals surface area (Å²) in [5, 5.41) is 11.8. The topological polar surface area (TPSA) is 56.1 Å². The number of benzene rings is 1. The first-order chi connectivity index (χ1) is 9.70. The molecule has 1 amide bonds. The zero-order valence-electron chi connectivity index (χ0n) is 11.9. The van der Waals surface area contributed by atoms with Crippen molar-refractivity contribution in [3.63, 3.8) is 0 Å². The van der Waals surface area contributed by atoms with E-state index in [4.69, 9.17) is 5.26 Å². The summed E-state index contributed by atoms with van der Waals surface area (Å²) < 4.78 is 0. The summed E-state index contributed by atoms with van der Waals surface area (Å²) >= 11 is 0. The van der Waals surface area contributed by atoms with Crippen molar-refractivity contribution < 1.29 is 4.79 Å². The number of nitrogens with zero attached hydrogens (tertiary/aromatic N) is 2. The van der Waals surface area contributed by atoms with Crippen molar-refractivity contribution >= 4 is 11.6 Å². The predicted molar refractivity (Wildman–Crippen MR) is 79.3 cm³/mol. The molecular weight excluding hydrogens is 250 g/mol. The van der Waals surface area contributed by atoms with Crippen LogP contribution in [0.2, 0.25) is 0 Å². The van der Waals surface area contributed by atoms with Gasteiger partial charge in [0.2, 0.25) is 5.91 Å². The van der Waals surface area contributed by atoms with Gasteiger partial charge in [0.1, 0.15) is 6.07 Å². The molecule has 1 unspecified atom stereocenters. The van der Waals surface area contributed by atoms with Gasteiger partial charge in [0.25, 0.3) is 0 Å². The SMILES string of the molecule is CC1CCCN1CCCC(=O)Nc1ccccc1C#N. The molecule has 0 aliphatic carbocycles. The van der Waals surface area contributed by atoms with Crippen LogP contribution in [0.25, 0.3) is 0 Å². The average molecular weight is 271 g/mol. The van der Waals surface area contributed by atoms with Crippen molar-refractivity contribution in [2.75, 3.05) is 18.4 Å². The molecule has 1 aliphatic heterocycles. The fraction of sp³-hybridized carbons (Fsp3) is 0.500. The van der Waals surface area contributed by atoms with Gasteiger partial charge in [0.05, 0.1) is 11.3 Å². The van der Waals surface area contributed by atoms with Gasteiger partial charge in [-0.2, -0.15) is 5.26 Å². The largest absolute Gasteiger partial charge is 0.325 e. The third kappa shape index (κ3) is 3.82. The van der Waals surface area contributed by atoms with Crippen LogP contribution in [0.4, 0.5) is 5.69 Å². The molecule has 0 radical (unpaired) electrons. The molecule has 106 valence electrons. The first-order valence-electron chi connectivity index (χ1n) is 7.23. The van der Waals surface area contributed by atoms with Gasteiger partial charge in [-0.15, -0.1) is 0 Å². The number of carbonyl (C=O) groups excluding carboxylic acids is 1. The number of hydrogen-bond acceptors (Lipinski definition) is 3. The highest BCUT2D eigenvalue weighted by molar-refractivity contribution is 5.92. The van der Waals surface area contributed by atoms with E-state index in [0.717, 1.165) is 19.5 Å². The number of hydrogen-bond donors (Lipinski definition) is 1. The zero-order valence-corrected chi connectivity index (χ0v) is 11.9. The normalized spacial score (nSPS) is 18.7. The van der Waals surface area contributed by atoms with Crippen molar-refractivity contribution in [1.29, 1.82) is 5.26 Å². The van der Waals surface area contributed by atoms with Crippen LogP contribution in [0.5, 0.6) is 0 Å². The van der Waals surface area contributed by atoms with Gasteiger partial charge < -0.3 is 10.2 Å². The molecule has 2 rings (SSSR count). The number of rotatable bonds is 5. The minimum absolute atomic E-state index is 0.0143. The van der Waals surface area contributed by atoms with Crippen LogP contribution in [-0.2, 0) is 4.79 Å². The molecule has 1 heterocycles. The van der Waals surface area contributed by atoms with E-state index in [1.165, 1.54) is 12.8 Å². The number of nitrogens with one attached hydrogen (secondary N) is 1. The van der Waals surface area contributed by atoms with Crippen LogP contribution >= 0.6 is 0 Å². The maximum absolute atomic E-state index is 11.9. The van der Waals surface area contributed by atoms with Crippen molar-refractivity contribution in [1.82, 2.24) is 4.90 Å². The quantitative estimate of drug-likeness (QED) is 0.896. The number of anilines is 1. The molecule has 1 aromatic rings. The van der Waals surface area contributed by atoms with Crippen LogP contribution in [0.15, 0.2) is 24.3 Å². The minimum Gasteiger partial charge on any atom is -0.325 e. The Morgan fingerprint density at radius 1 is 1.50 bits per heavy atom. The molecule has 1 aliphatic rings. The molecular formula is C16H21N3O. The summed E-state index contributed by atoms with van der Waals surface area (Å²) in [7, 11) is 0. The lowest BCUT2D eigenvalue weighted by molar-refractivity contribution is -0.116. The molecule has 0 spiro atoms. The van der Waals surface area contributed by atoms with E-state index in [1.807, 2.05) is 6.07 Å². The second-order valence-electron chi connectivity index (χ2n) is 5.34. The average Bonchev–Trinajstić information content (AvgIpc) is 2.85. The zero-order chi connectivity index (χ0) is 14.4. The molecule has 1 fully saturated rings. The highest BCUT2D eigenvalue weighted by Gasteiger charge is 2.19. The van der Waals surface area contributed by atoms with Crippen LogP contribution in [0, 0.1) is 11.3 Å². The number of nitriles is 1. The van der Waals surface area contributed by atoms with Gasteiger partial charge in [0.15, 0.2) is 0 Å². The molecule has 1 atom stereocenters. The van der Waals surface area contributed by atoms with Gasteiger partial charge in [0, 0.05) is 12.5 Å². The molecule has 0 saturated carbocycles. The fourth-order valence-electron chi connectivity index (χ4n) is 2.67. The lowest BCUT2D eigenvalue weighted by Crippen LogP contribution is -2.28. The second-order valence-corrected chi connectivity index (χ2v) is 5.34. The first kappa shape index (κ1) is 14.5. The standard InChI is InChI=1S/C16H21N3O/c1-13-6-4-10-19(13)11-5-9-16(20)18-15-8-3-2-7-14(15)12-17/h2-3,7-8,13H,4-6,9-11H2,1H3,(H,18,20). The van der Waals surface area contributed by atoms with Crippen LogP contribution < -0.4 is 5.32 Å². The fourth-order valence-corrected chi connectivity index (χ4v) is 2.67. The van der Waals surface area contributed by atoms with Crippen molar-refractivity contribution in [3.05, 3.63) is 29.8 Å². The Morgan fingerprint density at radius 3 is 3.00 bits per heavy atom. The number of amides is 1. The summed E-state index contributed by atoms with van der Waals surface area (Å²) in [6, 6.07) is 9.82. The molecule has 4 heteroatoms. The van der Waals surface area contributed by atoms with Gasteiger partial charge in [-0.1, -0.05) is 12.1 Å². The summed E-state index contributed by atoms with van der Waals surface area (Å²) in [5.74, 6) is -0.0143. The van der Waals surface area contributed by atoms with E-state index < -0.39 is 0 Å². The van der Waals surface area contributed by atoms with Crippen molar-refractivity contribution in [3.8, 4) is 6.07 Å². The van der Waals surface area contributed by atoms with Gasteiger partial charge >= 0.3 is 0 Å². The van der Waals surface area contributed by atoms with Crippen LogP contribution in [0.1, 0.15) is 38.2 Å². The molecule has 1 aromatic carbocycles. The molecule has 4 nitrogen and oxygen atoms in total. The van der Waals surface area contributed by atoms with Gasteiger partial charge in [-0.3, -0.25) is 4.79 Å². The van der Waals surface area contributed by atoms with E-state index in [9.17, 15) is 4.79 Å². The highest BCUT2D eigenvalue weighted by Crippen LogP contribution is 2.17. The summed E-state index contributed by atoms with van der Waals surface area (Å²) in [6.07, 6.45) is 3.90. The lowest BCUT2D eigenvalue weighted by Gasteiger charge is -2.20. The van der Waals surface area contributed by atoms with Crippen LogP contribution in [0.3, 0.4) is 0 Å². The third-order valence-electron chi connectivity index (χ3n) is 3.86. The van der Waals surface area contributed by atoms with E-state index in [-0.39, 0.29) is 5.91 Å². The molecule has 1 N–H and O–H groups in total. The number of likely N-dealkylation sites (tertiary alicyclic amines) is 1. The van der Waals surface area contributed by atoms with E-state index >= 15 is 0 Å². The van der Waals surface area contributed by atoms with Crippen LogP contribution in [-0.4, -0.2) is 29.9 Å². The lowest BCUT2D eigenvalue weighted by atomic mass is 10.2. The smallest absolute Gasteiger partial charge is 0.224 e.